The van der Waals surface area contributed by atoms with Crippen molar-refractivity contribution in [2.24, 2.45) is 0 Å². The Morgan fingerprint density at radius 3 is 2.40 bits per heavy atom. The highest BCUT2D eigenvalue weighted by Gasteiger charge is 2.21. The molecule has 3 aromatic heterocycles. The Labute approximate surface area is 256 Å². The molecule has 43 heavy (non-hydrogen) atoms. The largest absolute Gasteiger partial charge is 0.493 e. The molecule has 4 heterocycles. The standard InChI is InChI=1S/C23H23N3O5.C8H9NOS2/c1-25(2)5-6-26-22-15-9-20-21(31-12-30-20)10-17(15)24-11-16(22)13-7-18(28-3)19(29-4)8-14(13)23(26)27;10-6-3-7-11-12-8-4-1-2-5-9-8/h7-11H,5-6,12H2,1-4H3;1-2,4-6H,3,7H2. The van der Waals surface area contributed by atoms with Crippen LogP contribution in [0.4, 0.5) is 0 Å². The van der Waals surface area contributed by atoms with Gasteiger partial charge in [0.05, 0.1) is 30.6 Å². The predicted octanol–water partition coefficient (Wildman–Crippen LogP) is 5.42. The molecular weight excluding hydrogens is 588 g/mol. The molecule has 0 spiro atoms. The van der Waals surface area contributed by atoms with Crippen LogP contribution in [-0.2, 0) is 11.3 Å². The van der Waals surface area contributed by atoms with E-state index in [4.69, 9.17) is 18.9 Å². The first-order valence-corrected chi connectivity index (χ1v) is 15.9. The number of aromatic nitrogens is 3. The molecule has 0 radical (unpaired) electrons. The molecule has 1 aliphatic rings. The summed E-state index contributed by atoms with van der Waals surface area (Å²) in [5, 5.41) is 4.03. The maximum absolute atomic E-state index is 13.7. The van der Waals surface area contributed by atoms with Crippen molar-refractivity contribution in [1.82, 2.24) is 19.4 Å². The topological polar surface area (TPSA) is 105 Å². The quantitative estimate of drug-likeness (QED) is 0.0865. The highest BCUT2D eigenvalue weighted by Crippen LogP contribution is 2.40. The van der Waals surface area contributed by atoms with Crippen molar-refractivity contribution in [2.45, 2.75) is 18.0 Å². The molecule has 6 rings (SSSR count). The number of fused-ring (bicyclic) bond motifs is 6. The van der Waals surface area contributed by atoms with Crippen LogP contribution in [0, 0.1) is 0 Å². The zero-order valence-corrected chi connectivity index (χ0v) is 26.0. The maximum atomic E-state index is 13.7. The molecule has 0 atom stereocenters. The Bertz CT molecular complexity index is 1810. The number of carbonyl (C=O) groups excluding carboxylic acids is 1. The molecule has 1 aliphatic heterocycles. The third-order valence-corrected chi connectivity index (χ3v) is 9.06. The second-order valence-corrected chi connectivity index (χ2v) is 12.2. The fourth-order valence-corrected chi connectivity index (χ4v) is 6.52. The summed E-state index contributed by atoms with van der Waals surface area (Å²) in [4.78, 5) is 34.5. The fourth-order valence-electron chi connectivity index (χ4n) is 4.69. The Morgan fingerprint density at radius 1 is 0.977 bits per heavy atom. The van der Waals surface area contributed by atoms with E-state index in [1.54, 1.807) is 54.3 Å². The summed E-state index contributed by atoms with van der Waals surface area (Å²) in [7, 11) is 10.4. The van der Waals surface area contributed by atoms with Crippen LogP contribution in [0.2, 0.25) is 0 Å². The van der Waals surface area contributed by atoms with Crippen molar-refractivity contribution >= 4 is 60.5 Å². The van der Waals surface area contributed by atoms with Crippen molar-refractivity contribution in [1.29, 1.82) is 0 Å². The van der Waals surface area contributed by atoms with Gasteiger partial charge in [-0.15, -0.1) is 0 Å². The molecule has 0 fully saturated rings. The highest BCUT2D eigenvalue weighted by atomic mass is 33.1. The van der Waals surface area contributed by atoms with Crippen molar-refractivity contribution < 1.29 is 23.7 Å². The van der Waals surface area contributed by atoms with Crippen LogP contribution < -0.4 is 24.5 Å². The molecule has 0 unspecified atom stereocenters. The maximum Gasteiger partial charge on any atom is 0.259 e. The Morgan fingerprint density at radius 2 is 1.72 bits per heavy atom. The average molecular weight is 621 g/mol. The molecule has 2 aromatic carbocycles. The third kappa shape index (κ3) is 6.66. The van der Waals surface area contributed by atoms with Gasteiger partial charge in [0.2, 0.25) is 6.79 Å². The van der Waals surface area contributed by atoms with Gasteiger partial charge in [0.15, 0.2) is 23.0 Å². The van der Waals surface area contributed by atoms with E-state index in [0.29, 0.717) is 47.9 Å². The van der Waals surface area contributed by atoms with Crippen molar-refractivity contribution in [2.75, 3.05) is 47.4 Å². The van der Waals surface area contributed by atoms with Crippen LogP contribution in [0.3, 0.4) is 0 Å². The number of ether oxygens (including phenoxy) is 4. The van der Waals surface area contributed by atoms with Crippen LogP contribution in [0.15, 0.2) is 64.7 Å². The second-order valence-electron chi connectivity index (χ2n) is 9.78. The molecule has 0 saturated heterocycles. The normalized spacial score (nSPS) is 12.0. The number of nitrogens with zero attached hydrogens (tertiary/aromatic N) is 4. The molecule has 5 aromatic rings. The summed E-state index contributed by atoms with van der Waals surface area (Å²) in [5.74, 6) is 3.25. The number of aldehydes is 1. The van der Waals surface area contributed by atoms with Gasteiger partial charge in [-0.1, -0.05) is 16.9 Å². The summed E-state index contributed by atoms with van der Waals surface area (Å²) >= 11 is 0. The number of rotatable bonds is 10. The van der Waals surface area contributed by atoms with E-state index in [1.807, 2.05) is 55.1 Å². The Kier molecular flexibility index (Phi) is 9.90. The van der Waals surface area contributed by atoms with Gasteiger partial charge in [-0.2, -0.15) is 0 Å². The number of carbonyl (C=O) groups is 1. The minimum absolute atomic E-state index is 0.0875. The molecule has 224 valence electrons. The van der Waals surface area contributed by atoms with E-state index in [1.165, 1.54) is 0 Å². The number of pyridine rings is 3. The van der Waals surface area contributed by atoms with Gasteiger partial charge in [-0.25, -0.2) is 4.98 Å². The van der Waals surface area contributed by atoms with Gasteiger partial charge in [-0.3, -0.25) is 9.78 Å². The van der Waals surface area contributed by atoms with Crippen LogP contribution in [-0.4, -0.2) is 73.1 Å². The van der Waals surface area contributed by atoms with Crippen LogP contribution in [0.1, 0.15) is 6.42 Å². The van der Waals surface area contributed by atoms with Gasteiger partial charge < -0.3 is 33.2 Å². The van der Waals surface area contributed by atoms with Crippen LogP contribution >= 0.6 is 21.6 Å². The first-order valence-electron chi connectivity index (χ1n) is 13.5. The van der Waals surface area contributed by atoms with Crippen molar-refractivity contribution in [3.05, 3.63) is 65.2 Å². The lowest BCUT2D eigenvalue weighted by Gasteiger charge is -2.18. The Hall–Kier alpha value is -4.00. The van der Waals surface area contributed by atoms with E-state index in [0.717, 1.165) is 44.3 Å². The summed E-state index contributed by atoms with van der Waals surface area (Å²) < 4.78 is 23.9. The van der Waals surface area contributed by atoms with E-state index in [2.05, 4.69) is 14.9 Å². The van der Waals surface area contributed by atoms with E-state index in [9.17, 15) is 9.59 Å². The molecule has 0 bridgehead atoms. The number of methoxy groups -OCH3 is 2. The number of benzene rings is 2. The van der Waals surface area contributed by atoms with Gasteiger partial charge in [0.1, 0.15) is 11.3 Å². The lowest BCUT2D eigenvalue weighted by molar-refractivity contribution is -0.107. The molecule has 0 N–H and O–H groups in total. The molecule has 12 heteroatoms. The van der Waals surface area contributed by atoms with Gasteiger partial charge >= 0.3 is 0 Å². The van der Waals surface area contributed by atoms with Gasteiger partial charge in [0, 0.05) is 59.9 Å². The number of likely N-dealkylation sites (N-methyl/N-ethyl adjacent to an activating group) is 1. The molecule has 0 amide bonds. The molecule has 0 aliphatic carbocycles. The summed E-state index contributed by atoms with van der Waals surface area (Å²) in [6.45, 7) is 1.42. The lowest BCUT2D eigenvalue weighted by Crippen LogP contribution is -2.27. The molecular formula is C31H32N4O6S2. The summed E-state index contributed by atoms with van der Waals surface area (Å²) in [6, 6.07) is 13.1. The third-order valence-electron chi connectivity index (χ3n) is 6.77. The predicted molar refractivity (Wildman–Crippen MR) is 172 cm³/mol. The molecule has 10 nitrogen and oxygen atoms in total. The van der Waals surface area contributed by atoms with Crippen LogP contribution in [0.5, 0.6) is 23.0 Å². The van der Waals surface area contributed by atoms with Crippen molar-refractivity contribution in [3.8, 4) is 23.0 Å². The average Bonchev–Trinajstić information content (AvgIpc) is 3.49. The van der Waals surface area contributed by atoms with Crippen molar-refractivity contribution in [3.63, 3.8) is 0 Å². The lowest BCUT2D eigenvalue weighted by atomic mass is 10.0. The second kappa shape index (κ2) is 14.0. The van der Waals surface area contributed by atoms with Gasteiger partial charge in [0.25, 0.3) is 5.56 Å². The van der Waals surface area contributed by atoms with E-state index in [-0.39, 0.29) is 12.4 Å². The highest BCUT2D eigenvalue weighted by molar-refractivity contribution is 8.76. The minimum Gasteiger partial charge on any atom is -0.493 e. The first-order chi connectivity index (χ1) is 20.9. The molecule has 0 saturated carbocycles. The SMILES string of the molecule is COc1cc2c(=O)n(CCN(C)C)c3c4cc5c(cc4ncc3c2cc1OC)OCO5.O=CCCSSc1ccccn1. The van der Waals surface area contributed by atoms with Gasteiger partial charge in [-0.05, 0) is 55.2 Å². The van der Waals surface area contributed by atoms with E-state index >= 15 is 0 Å². The zero-order chi connectivity index (χ0) is 30.3. The monoisotopic (exact) mass is 620 g/mol. The first kappa shape index (κ1) is 30.5. The minimum atomic E-state index is -0.0875. The Balaban J connectivity index is 0.000000259. The summed E-state index contributed by atoms with van der Waals surface area (Å²) in [6.07, 6.45) is 5.12. The number of hydrogen-bond acceptors (Lipinski definition) is 11. The zero-order valence-electron chi connectivity index (χ0n) is 24.4. The van der Waals surface area contributed by atoms with Crippen LogP contribution in [0.25, 0.3) is 32.6 Å². The van der Waals surface area contributed by atoms with E-state index < -0.39 is 0 Å². The number of hydrogen-bond donors (Lipinski definition) is 0. The fraction of sp³-hybridized carbons (Fsp3) is 0.290. The summed E-state index contributed by atoms with van der Waals surface area (Å²) in [5.41, 5.74) is 1.47. The smallest absolute Gasteiger partial charge is 0.259 e.